The number of hydrogen-bond donors (Lipinski definition) is 2. The van der Waals surface area contributed by atoms with Gasteiger partial charge in [-0.15, -0.1) is 0 Å². The number of aromatic nitrogens is 1. The van der Waals surface area contributed by atoms with Crippen molar-refractivity contribution in [1.82, 2.24) is 20.5 Å². The Balaban J connectivity index is 1.61. The van der Waals surface area contributed by atoms with Crippen molar-refractivity contribution in [1.29, 1.82) is 0 Å². The van der Waals surface area contributed by atoms with Crippen LogP contribution in [0.25, 0.3) is 10.9 Å². The average Bonchev–Trinajstić information content (AvgIpc) is 2.86. The van der Waals surface area contributed by atoms with Crippen LogP contribution in [0.15, 0.2) is 36.4 Å². The van der Waals surface area contributed by atoms with Gasteiger partial charge in [0.1, 0.15) is 5.69 Å². The molecule has 7 heteroatoms. The fraction of sp³-hybridized carbons (Fsp3) is 0.200. The largest absolute Gasteiger partial charge is 0.349 e. The second kappa shape index (κ2) is 5.80. The Morgan fingerprint density at radius 2 is 2.05 bits per heavy atom. The molecule has 0 unspecified atom stereocenters. The Morgan fingerprint density at radius 1 is 1.23 bits per heavy atom. The third kappa shape index (κ3) is 2.73. The average molecular weight is 298 g/mol. The Kier molecular flexibility index (Phi) is 3.69. The van der Waals surface area contributed by atoms with Crippen LogP contribution in [0.5, 0.6) is 0 Å². The van der Waals surface area contributed by atoms with Crippen LogP contribution >= 0.6 is 0 Å². The minimum absolute atomic E-state index is 0.0129. The molecule has 2 N–H and O–H groups in total. The number of amides is 4. The van der Waals surface area contributed by atoms with E-state index in [4.69, 9.17) is 0 Å². The van der Waals surface area contributed by atoms with Crippen LogP contribution < -0.4 is 10.6 Å². The summed E-state index contributed by atoms with van der Waals surface area (Å²) in [5.41, 5.74) is 1.04. The van der Waals surface area contributed by atoms with Gasteiger partial charge in [0.05, 0.1) is 12.1 Å². The number of para-hydroxylation sites is 1. The molecule has 0 aliphatic carbocycles. The van der Waals surface area contributed by atoms with Crippen molar-refractivity contribution in [2.45, 2.75) is 0 Å². The number of carbonyl (C=O) groups excluding carboxylic acids is 3. The second-order valence-corrected chi connectivity index (χ2v) is 4.85. The molecule has 0 bridgehead atoms. The summed E-state index contributed by atoms with van der Waals surface area (Å²) in [6.45, 7) is 0.343. The Hall–Kier alpha value is -2.96. The lowest BCUT2D eigenvalue weighted by atomic mass is 10.2. The topological polar surface area (TPSA) is 91.4 Å². The molecule has 1 aromatic carbocycles. The minimum Gasteiger partial charge on any atom is -0.349 e. The highest BCUT2D eigenvalue weighted by atomic mass is 16.2. The van der Waals surface area contributed by atoms with E-state index in [9.17, 15) is 14.4 Å². The number of imide groups is 1. The zero-order chi connectivity index (χ0) is 15.5. The minimum atomic E-state index is -0.428. The van der Waals surface area contributed by atoms with Gasteiger partial charge < -0.3 is 10.6 Å². The summed E-state index contributed by atoms with van der Waals surface area (Å²) in [6, 6.07) is 10.6. The van der Waals surface area contributed by atoms with Crippen LogP contribution in [-0.4, -0.2) is 47.4 Å². The van der Waals surface area contributed by atoms with E-state index in [-0.39, 0.29) is 31.4 Å². The molecule has 3 rings (SSSR count). The molecule has 1 aliphatic rings. The van der Waals surface area contributed by atoms with E-state index in [0.717, 1.165) is 15.8 Å². The number of nitrogens with one attached hydrogen (secondary N) is 2. The molecular weight excluding hydrogens is 284 g/mol. The van der Waals surface area contributed by atoms with E-state index < -0.39 is 6.03 Å². The molecule has 0 saturated carbocycles. The highest BCUT2D eigenvalue weighted by Gasteiger charge is 2.27. The van der Waals surface area contributed by atoms with Gasteiger partial charge in [0, 0.05) is 18.5 Å². The van der Waals surface area contributed by atoms with Gasteiger partial charge in [-0.25, -0.2) is 9.78 Å². The summed E-state index contributed by atoms with van der Waals surface area (Å²) in [4.78, 5) is 40.1. The maximum atomic E-state index is 12.0. The second-order valence-electron chi connectivity index (χ2n) is 4.85. The number of hydrogen-bond acceptors (Lipinski definition) is 4. The van der Waals surface area contributed by atoms with Crippen LogP contribution in [0.1, 0.15) is 10.5 Å². The van der Waals surface area contributed by atoms with Crippen molar-refractivity contribution in [2.24, 2.45) is 0 Å². The molecule has 1 saturated heterocycles. The number of fused-ring (bicyclic) bond motifs is 1. The van der Waals surface area contributed by atoms with Crippen LogP contribution in [0.3, 0.4) is 0 Å². The lowest BCUT2D eigenvalue weighted by Crippen LogP contribution is -2.38. The Morgan fingerprint density at radius 3 is 2.82 bits per heavy atom. The molecule has 4 amide bonds. The fourth-order valence-corrected chi connectivity index (χ4v) is 2.25. The number of urea groups is 1. The third-order valence-corrected chi connectivity index (χ3v) is 3.39. The number of carbonyl (C=O) groups is 3. The molecule has 2 aromatic rings. The molecule has 1 aliphatic heterocycles. The number of rotatable bonds is 4. The first kappa shape index (κ1) is 14.0. The predicted molar refractivity (Wildman–Crippen MR) is 79.2 cm³/mol. The zero-order valence-electron chi connectivity index (χ0n) is 11.7. The van der Waals surface area contributed by atoms with Gasteiger partial charge in [-0.3, -0.25) is 14.5 Å². The van der Waals surface area contributed by atoms with Crippen molar-refractivity contribution in [3.05, 3.63) is 42.1 Å². The van der Waals surface area contributed by atoms with Gasteiger partial charge in [-0.05, 0) is 12.1 Å². The quantitative estimate of drug-likeness (QED) is 0.805. The van der Waals surface area contributed by atoms with E-state index in [2.05, 4.69) is 15.6 Å². The number of benzene rings is 1. The summed E-state index contributed by atoms with van der Waals surface area (Å²) in [5, 5.41) is 6.03. The monoisotopic (exact) mass is 298 g/mol. The normalized spacial score (nSPS) is 14.3. The molecule has 1 aromatic heterocycles. The molecule has 7 nitrogen and oxygen atoms in total. The Labute approximate surface area is 126 Å². The summed E-state index contributed by atoms with van der Waals surface area (Å²) in [7, 11) is 0. The first-order valence-electron chi connectivity index (χ1n) is 6.87. The van der Waals surface area contributed by atoms with E-state index in [1.54, 1.807) is 6.07 Å². The van der Waals surface area contributed by atoms with Crippen molar-refractivity contribution in [2.75, 3.05) is 19.6 Å². The molecule has 2 heterocycles. The van der Waals surface area contributed by atoms with Gasteiger partial charge >= 0.3 is 6.03 Å². The summed E-state index contributed by atoms with van der Waals surface area (Å²) >= 11 is 0. The lowest BCUT2D eigenvalue weighted by molar-refractivity contribution is -0.124. The van der Waals surface area contributed by atoms with Crippen LogP contribution in [0.2, 0.25) is 0 Å². The molecule has 0 radical (unpaired) electrons. The molecule has 0 spiro atoms. The van der Waals surface area contributed by atoms with Crippen molar-refractivity contribution >= 4 is 28.7 Å². The summed E-state index contributed by atoms with van der Waals surface area (Å²) in [6.07, 6.45) is 0. The maximum absolute atomic E-state index is 12.0. The number of pyridine rings is 1. The molecular formula is C15H14N4O3. The highest BCUT2D eigenvalue weighted by molar-refractivity contribution is 6.02. The lowest BCUT2D eigenvalue weighted by Gasteiger charge is -2.12. The fourth-order valence-electron chi connectivity index (χ4n) is 2.25. The molecule has 22 heavy (non-hydrogen) atoms. The van der Waals surface area contributed by atoms with E-state index >= 15 is 0 Å². The number of nitrogens with zero attached hydrogens (tertiary/aromatic N) is 2. The first-order valence-corrected chi connectivity index (χ1v) is 6.87. The molecule has 112 valence electrons. The van der Waals surface area contributed by atoms with E-state index in [1.807, 2.05) is 30.3 Å². The van der Waals surface area contributed by atoms with Crippen LogP contribution in [0, 0.1) is 0 Å². The summed E-state index contributed by atoms with van der Waals surface area (Å²) in [5.74, 6) is -0.624. The van der Waals surface area contributed by atoms with Gasteiger partial charge in [0.25, 0.3) is 5.91 Å². The zero-order valence-corrected chi connectivity index (χ0v) is 11.7. The standard InChI is InChI=1S/C15H14N4O3/c20-13-9-17-15(22)19(13)8-7-16-14(21)12-6-5-10-3-1-2-4-11(10)18-12/h1-6H,7-9H2,(H,16,21)(H,17,22). The highest BCUT2D eigenvalue weighted by Crippen LogP contribution is 2.11. The van der Waals surface area contributed by atoms with Gasteiger partial charge in [-0.2, -0.15) is 0 Å². The van der Waals surface area contributed by atoms with Crippen molar-refractivity contribution in [3.8, 4) is 0 Å². The smallest absolute Gasteiger partial charge is 0.324 e. The Bertz CT molecular complexity index is 743. The van der Waals surface area contributed by atoms with Gasteiger partial charge in [0.15, 0.2) is 0 Å². The van der Waals surface area contributed by atoms with Gasteiger partial charge in [0.2, 0.25) is 5.91 Å². The van der Waals surface area contributed by atoms with Gasteiger partial charge in [-0.1, -0.05) is 24.3 Å². The molecule has 0 atom stereocenters. The maximum Gasteiger partial charge on any atom is 0.324 e. The van der Waals surface area contributed by atoms with Crippen molar-refractivity contribution < 1.29 is 14.4 Å². The first-order chi connectivity index (χ1) is 10.6. The van der Waals surface area contributed by atoms with Crippen LogP contribution in [0.4, 0.5) is 4.79 Å². The predicted octanol–water partition coefficient (Wildman–Crippen LogP) is 0.516. The summed E-state index contributed by atoms with van der Waals surface area (Å²) < 4.78 is 0. The molecule has 1 fully saturated rings. The van der Waals surface area contributed by atoms with Crippen molar-refractivity contribution in [3.63, 3.8) is 0 Å². The SMILES string of the molecule is O=C(NCCN1C(=O)CNC1=O)c1ccc2ccccc2n1. The third-order valence-electron chi connectivity index (χ3n) is 3.39. The van der Waals surface area contributed by atoms with E-state index in [1.165, 1.54) is 0 Å². The van der Waals surface area contributed by atoms with E-state index in [0.29, 0.717) is 5.69 Å². The van der Waals surface area contributed by atoms with Crippen LogP contribution in [-0.2, 0) is 4.79 Å².